The van der Waals surface area contributed by atoms with Crippen LogP contribution in [0.4, 0.5) is 4.39 Å². The lowest BCUT2D eigenvalue weighted by atomic mass is 9.95. The van der Waals surface area contributed by atoms with E-state index in [2.05, 4.69) is 19.2 Å². The first kappa shape index (κ1) is 15.5. The third-order valence-electron chi connectivity index (χ3n) is 4.64. The number of hydrogen-bond acceptors (Lipinski definition) is 1. The van der Waals surface area contributed by atoms with Gasteiger partial charge in [0.2, 0.25) is 0 Å². The predicted molar refractivity (Wildman–Crippen MR) is 83.2 cm³/mol. The van der Waals surface area contributed by atoms with Gasteiger partial charge in [-0.15, -0.1) is 0 Å². The molecule has 1 nitrogen and oxygen atoms in total. The Hall–Kier alpha value is -0.890. The summed E-state index contributed by atoms with van der Waals surface area (Å²) in [6.45, 7) is 4.47. The predicted octanol–water partition coefficient (Wildman–Crippen LogP) is 5.23. The molecule has 0 radical (unpaired) electrons. The molecule has 1 aromatic carbocycles. The van der Waals surface area contributed by atoms with Gasteiger partial charge in [-0.1, -0.05) is 44.7 Å². The van der Waals surface area contributed by atoms with Crippen LogP contribution in [0.25, 0.3) is 0 Å². The molecule has 20 heavy (non-hydrogen) atoms. The zero-order chi connectivity index (χ0) is 14.4. The highest BCUT2D eigenvalue weighted by Crippen LogP contribution is 2.28. The fourth-order valence-corrected chi connectivity index (χ4v) is 3.44. The Morgan fingerprint density at radius 3 is 2.60 bits per heavy atom. The lowest BCUT2D eigenvalue weighted by molar-refractivity contribution is 0.392. The van der Waals surface area contributed by atoms with Crippen LogP contribution in [-0.4, -0.2) is 6.04 Å². The van der Waals surface area contributed by atoms with Gasteiger partial charge in [-0.05, 0) is 49.8 Å². The molecule has 0 aromatic heterocycles. The SMILES string of the molecule is CCCC1CCCC(NC(C)c2ccc(F)cc2)CC1. The number of hydrogen-bond donors (Lipinski definition) is 1. The minimum Gasteiger partial charge on any atom is -0.307 e. The first-order valence-electron chi connectivity index (χ1n) is 8.20. The summed E-state index contributed by atoms with van der Waals surface area (Å²) in [5, 5.41) is 3.73. The van der Waals surface area contributed by atoms with Crippen molar-refractivity contribution in [2.24, 2.45) is 5.92 Å². The summed E-state index contributed by atoms with van der Waals surface area (Å²) in [5.74, 6) is 0.783. The quantitative estimate of drug-likeness (QED) is 0.727. The maximum atomic E-state index is 13.0. The maximum Gasteiger partial charge on any atom is 0.123 e. The minimum absolute atomic E-state index is 0.155. The highest BCUT2D eigenvalue weighted by Gasteiger charge is 2.19. The molecule has 1 saturated carbocycles. The summed E-state index contributed by atoms with van der Waals surface area (Å²) >= 11 is 0. The molecule has 3 atom stereocenters. The van der Waals surface area contributed by atoms with Crippen molar-refractivity contribution in [3.63, 3.8) is 0 Å². The monoisotopic (exact) mass is 277 g/mol. The standard InChI is InChI=1S/C18H28FN/c1-3-5-15-6-4-7-18(13-8-15)20-14(2)16-9-11-17(19)12-10-16/h9-12,14-15,18,20H,3-8,13H2,1-2H3. The summed E-state index contributed by atoms with van der Waals surface area (Å²) in [5.41, 5.74) is 1.18. The van der Waals surface area contributed by atoms with Gasteiger partial charge in [-0.25, -0.2) is 4.39 Å². The Morgan fingerprint density at radius 2 is 1.90 bits per heavy atom. The first-order chi connectivity index (χ1) is 9.69. The average molecular weight is 277 g/mol. The molecule has 2 heteroatoms. The largest absolute Gasteiger partial charge is 0.307 e. The molecule has 0 spiro atoms. The molecule has 0 amide bonds. The van der Waals surface area contributed by atoms with Crippen LogP contribution < -0.4 is 5.32 Å². The smallest absolute Gasteiger partial charge is 0.123 e. The van der Waals surface area contributed by atoms with E-state index in [1.165, 1.54) is 50.5 Å². The second-order valence-electron chi connectivity index (χ2n) is 6.30. The van der Waals surface area contributed by atoms with E-state index in [4.69, 9.17) is 0 Å². The number of rotatable bonds is 5. The van der Waals surface area contributed by atoms with E-state index in [0.29, 0.717) is 12.1 Å². The van der Waals surface area contributed by atoms with Crippen LogP contribution in [0.3, 0.4) is 0 Å². The molecular weight excluding hydrogens is 249 g/mol. The Balaban J connectivity index is 1.85. The Kier molecular flexibility index (Phi) is 6.03. The van der Waals surface area contributed by atoms with Crippen molar-refractivity contribution in [3.8, 4) is 0 Å². The van der Waals surface area contributed by atoms with Gasteiger partial charge in [0, 0.05) is 12.1 Å². The van der Waals surface area contributed by atoms with Crippen molar-refractivity contribution in [3.05, 3.63) is 35.6 Å². The van der Waals surface area contributed by atoms with Crippen LogP contribution in [0.15, 0.2) is 24.3 Å². The molecule has 2 rings (SSSR count). The van der Waals surface area contributed by atoms with Gasteiger partial charge in [0.25, 0.3) is 0 Å². The lowest BCUT2D eigenvalue weighted by Gasteiger charge is -2.22. The van der Waals surface area contributed by atoms with E-state index in [1.807, 2.05) is 12.1 Å². The van der Waals surface area contributed by atoms with Gasteiger partial charge >= 0.3 is 0 Å². The molecule has 3 unspecified atom stereocenters. The fraction of sp³-hybridized carbons (Fsp3) is 0.667. The maximum absolute atomic E-state index is 13.0. The van der Waals surface area contributed by atoms with Gasteiger partial charge in [-0.2, -0.15) is 0 Å². The molecular formula is C18H28FN. The van der Waals surface area contributed by atoms with Crippen molar-refractivity contribution < 1.29 is 4.39 Å². The highest BCUT2D eigenvalue weighted by atomic mass is 19.1. The van der Waals surface area contributed by atoms with Crippen molar-refractivity contribution in [1.29, 1.82) is 0 Å². The number of halogens is 1. The second kappa shape index (κ2) is 7.78. The zero-order valence-corrected chi connectivity index (χ0v) is 12.9. The van der Waals surface area contributed by atoms with Crippen LogP contribution in [-0.2, 0) is 0 Å². The van der Waals surface area contributed by atoms with Crippen LogP contribution in [0.2, 0.25) is 0 Å². The van der Waals surface area contributed by atoms with E-state index < -0.39 is 0 Å². The van der Waals surface area contributed by atoms with Gasteiger partial charge in [0.15, 0.2) is 0 Å². The molecule has 112 valence electrons. The van der Waals surface area contributed by atoms with Gasteiger partial charge in [0.05, 0.1) is 0 Å². The van der Waals surface area contributed by atoms with Crippen LogP contribution >= 0.6 is 0 Å². The highest BCUT2D eigenvalue weighted by molar-refractivity contribution is 5.19. The molecule has 0 heterocycles. The van der Waals surface area contributed by atoms with Gasteiger partial charge < -0.3 is 5.32 Å². The number of nitrogens with one attached hydrogen (secondary N) is 1. The third kappa shape index (κ3) is 4.59. The van der Waals surface area contributed by atoms with E-state index >= 15 is 0 Å². The first-order valence-corrected chi connectivity index (χ1v) is 8.20. The van der Waals surface area contributed by atoms with Crippen molar-refractivity contribution in [2.45, 2.75) is 70.9 Å². The fourth-order valence-electron chi connectivity index (χ4n) is 3.44. The molecule has 0 aliphatic heterocycles. The molecule has 0 saturated heterocycles. The summed E-state index contributed by atoms with van der Waals surface area (Å²) in [6.07, 6.45) is 9.38. The summed E-state index contributed by atoms with van der Waals surface area (Å²) < 4.78 is 13.0. The molecule has 1 aromatic rings. The normalized spacial score (nSPS) is 25.1. The zero-order valence-electron chi connectivity index (χ0n) is 12.9. The third-order valence-corrected chi connectivity index (χ3v) is 4.64. The summed E-state index contributed by atoms with van der Waals surface area (Å²) in [4.78, 5) is 0. The molecule has 1 aliphatic carbocycles. The van der Waals surface area contributed by atoms with Crippen molar-refractivity contribution >= 4 is 0 Å². The van der Waals surface area contributed by atoms with Gasteiger partial charge in [-0.3, -0.25) is 0 Å². The summed E-state index contributed by atoms with van der Waals surface area (Å²) in [6, 6.07) is 7.82. The van der Waals surface area contributed by atoms with Gasteiger partial charge in [0.1, 0.15) is 5.82 Å². The Bertz CT molecular complexity index is 387. The van der Waals surface area contributed by atoms with E-state index in [1.54, 1.807) is 12.1 Å². The number of benzene rings is 1. The molecule has 1 aliphatic rings. The van der Waals surface area contributed by atoms with Crippen LogP contribution in [0, 0.1) is 11.7 Å². The second-order valence-corrected chi connectivity index (χ2v) is 6.30. The topological polar surface area (TPSA) is 12.0 Å². The minimum atomic E-state index is -0.155. The average Bonchev–Trinajstić information content (AvgIpc) is 2.66. The molecule has 0 bridgehead atoms. The van der Waals surface area contributed by atoms with Crippen molar-refractivity contribution in [1.82, 2.24) is 5.32 Å². The Labute approximate surface area is 123 Å². The lowest BCUT2D eigenvalue weighted by Crippen LogP contribution is -2.31. The van der Waals surface area contributed by atoms with E-state index in [-0.39, 0.29) is 5.82 Å². The molecule has 1 fully saturated rings. The summed E-state index contributed by atoms with van der Waals surface area (Å²) in [7, 11) is 0. The molecule has 1 N–H and O–H groups in total. The van der Waals surface area contributed by atoms with Crippen LogP contribution in [0.5, 0.6) is 0 Å². The van der Waals surface area contributed by atoms with Crippen LogP contribution in [0.1, 0.15) is 70.4 Å². The van der Waals surface area contributed by atoms with E-state index in [9.17, 15) is 4.39 Å². The van der Waals surface area contributed by atoms with Crippen molar-refractivity contribution in [2.75, 3.05) is 0 Å². The van der Waals surface area contributed by atoms with E-state index in [0.717, 1.165) is 5.92 Å². The Morgan fingerprint density at radius 1 is 1.15 bits per heavy atom.